The van der Waals surface area contributed by atoms with Crippen LogP contribution >= 0.6 is 11.8 Å². The highest BCUT2D eigenvalue weighted by Gasteiger charge is 2.33. The molecule has 1 aromatic rings. The third-order valence-corrected chi connectivity index (χ3v) is 4.18. The molecule has 0 spiro atoms. The molecule has 1 rings (SSSR count). The number of hydrogen-bond acceptors (Lipinski definition) is 7. The van der Waals surface area contributed by atoms with E-state index in [-0.39, 0.29) is 23.6 Å². The van der Waals surface area contributed by atoms with Crippen molar-refractivity contribution in [3.05, 3.63) is 5.89 Å². The van der Waals surface area contributed by atoms with Gasteiger partial charge in [0.05, 0.1) is 5.75 Å². The zero-order chi connectivity index (χ0) is 16.2. The summed E-state index contributed by atoms with van der Waals surface area (Å²) >= 11 is 1.15. The number of nitrogens with zero attached hydrogens (tertiary/aromatic N) is 2. The van der Waals surface area contributed by atoms with Gasteiger partial charge in [-0.2, -0.15) is 0 Å². The number of amides is 1. The topological polar surface area (TPSA) is 131 Å². The predicted molar refractivity (Wildman–Crippen MR) is 79.2 cm³/mol. The summed E-state index contributed by atoms with van der Waals surface area (Å²) < 4.78 is 4.47. The number of carbonyl (C=O) groups excluding carboxylic acids is 1. The van der Waals surface area contributed by atoms with Crippen LogP contribution in [0.1, 0.15) is 39.5 Å². The fourth-order valence-electron chi connectivity index (χ4n) is 1.31. The van der Waals surface area contributed by atoms with E-state index in [1.165, 1.54) is 0 Å². The fraction of sp³-hybridized carbons (Fsp3) is 0.667. The predicted octanol–water partition coefficient (Wildman–Crippen LogP) is 1.06. The molecule has 0 aliphatic carbocycles. The highest BCUT2D eigenvalue weighted by Crippen LogP contribution is 2.27. The lowest BCUT2D eigenvalue weighted by atomic mass is 10.1. The Balaban J connectivity index is 2.52. The van der Waals surface area contributed by atoms with Crippen LogP contribution < -0.4 is 11.1 Å². The van der Waals surface area contributed by atoms with Gasteiger partial charge in [0.15, 0.2) is 0 Å². The lowest BCUT2D eigenvalue weighted by molar-refractivity contribution is -0.139. The first-order valence-corrected chi connectivity index (χ1v) is 7.37. The number of carbonyl (C=O) groups is 2. The summed E-state index contributed by atoms with van der Waals surface area (Å²) in [5, 5.41) is 18.9. The third kappa shape index (κ3) is 5.01. The second-order valence-corrected chi connectivity index (χ2v) is 6.99. The minimum atomic E-state index is -1.11. The Morgan fingerprint density at radius 2 is 2.05 bits per heavy atom. The van der Waals surface area contributed by atoms with Crippen LogP contribution in [0.15, 0.2) is 4.42 Å². The molecule has 0 aliphatic rings. The maximum absolute atomic E-state index is 11.8. The number of nitrogens with two attached hydrogens (primary N) is 1. The Kier molecular flexibility index (Phi) is 5.73. The monoisotopic (exact) mass is 316 g/mol. The molecule has 1 heterocycles. The number of nitrogens with one attached hydrogen (secondary N) is 1. The molecule has 0 fully saturated rings. The average Bonchev–Trinajstić information content (AvgIpc) is 2.84. The normalized spacial score (nSPS) is 13.2. The summed E-state index contributed by atoms with van der Waals surface area (Å²) in [6, 6.07) is -1.03. The molecular weight excluding hydrogens is 296 g/mol. The summed E-state index contributed by atoms with van der Waals surface area (Å²) in [7, 11) is 0. The van der Waals surface area contributed by atoms with Crippen molar-refractivity contribution in [3.63, 3.8) is 0 Å². The Morgan fingerprint density at radius 3 is 2.52 bits per heavy atom. The van der Waals surface area contributed by atoms with Crippen LogP contribution in [-0.4, -0.2) is 43.7 Å². The quantitative estimate of drug-likeness (QED) is 0.680. The van der Waals surface area contributed by atoms with Crippen molar-refractivity contribution in [2.45, 2.75) is 44.4 Å². The van der Waals surface area contributed by atoms with Gasteiger partial charge in [0.25, 0.3) is 0 Å². The summed E-state index contributed by atoms with van der Waals surface area (Å²) in [4.78, 5) is 22.7. The van der Waals surface area contributed by atoms with Crippen LogP contribution in [0.25, 0.3) is 0 Å². The highest BCUT2D eigenvalue weighted by atomic mass is 32.2. The minimum Gasteiger partial charge on any atom is -0.480 e. The summed E-state index contributed by atoms with van der Waals surface area (Å²) in [6.45, 7) is 7.14. The summed E-state index contributed by atoms with van der Waals surface area (Å²) in [5.74, 6) is -0.917. The summed E-state index contributed by atoms with van der Waals surface area (Å²) in [5.41, 5.74) is 5.58. The van der Waals surface area contributed by atoms with Crippen LogP contribution in [0.5, 0.6) is 0 Å². The van der Waals surface area contributed by atoms with Gasteiger partial charge < -0.3 is 15.3 Å². The van der Waals surface area contributed by atoms with Crippen LogP contribution in [0.3, 0.4) is 0 Å². The molecule has 0 aliphatic heterocycles. The third-order valence-electron chi connectivity index (χ3n) is 2.77. The Bertz CT molecular complexity index is 515. The number of hydrogen-bond donors (Lipinski definition) is 3. The van der Waals surface area contributed by atoms with E-state index in [0.717, 1.165) is 11.8 Å². The number of thioether (sulfide) groups is 1. The van der Waals surface area contributed by atoms with E-state index in [4.69, 9.17) is 15.3 Å². The first kappa shape index (κ1) is 17.4. The van der Waals surface area contributed by atoms with Gasteiger partial charge in [-0.25, -0.2) is 0 Å². The molecule has 118 valence electrons. The standard InChI is InChI=1S/C12H20N4O4S/c1-6(2)9-15-16-11(20-9)14-7(17)5-21-12(3,4)8(13)10(18)19/h6,8H,5,13H2,1-4H3,(H,18,19)(H,14,16,17)/t8-/m0/s1. The first-order chi connectivity index (χ1) is 9.63. The Morgan fingerprint density at radius 1 is 1.43 bits per heavy atom. The van der Waals surface area contributed by atoms with Crippen LogP contribution in [0.2, 0.25) is 0 Å². The number of aliphatic carboxylic acids is 1. The highest BCUT2D eigenvalue weighted by molar-refractivity contribution is 8.01. The van der Waals surface area contributed by atoms with Crippen molar-refractivity contribution in [1.82, 2.24) is 10.2 Å². The maximum atomic E-state index is 11.8. The molecule has 0 saturated carbocycles. The first-order valence-electron chi connectivity index (χ1n) is 6.39. The van der Waals surface area contributed by atoms with E-state index in [1.54, 1.807) is 13.8 Å². The fourth-order valence-corrected chi connectivity index (χ4v) is 2.17. The van der Waals surface area contributed by atoms with E-state index < -0.39 is 16.8 Å². The SMILES string of the molecule is CC(C)c1nnc(NC(=O)CSC(C)(C)[C@@H](N)C(=O)O)o1. The molecule has 1 aromatic heterocycles. The van der Waals surface area contributed by atoms with E-state index in [1.807, 2.05) is 13.8 Å². The van der Waals surface area contributed by atoms with Gasteiger partial charge in [-0.1, -0.05) is 18.9 Å². The molecule has 8 nitrogen and oxygen atoms in total. The molecule has 0 unspecified atom stereocenters. The molecule has 1 amide bonds. The molecule has 0 bridgehead atoms. The smallest absolute Gasteiger partial charge is 0.322 e. The van der Waals surface area contributed by atoms with E-state index in [2.05, 4.69) is 15.5 Å². The lowest BCUT2D eigenvalue weighted by Crippen LogP contribution is -2.47. The molecule has 0 radical (unpaired) electrons. The van der Waals surface area contributed by atoms with Crippen molar-refractivity contribution in [2.24, 2.45) is 5.73 Å². The number of anilines is 1. The van der Waals surface area contributed by atoms with E-state index in [0.29, 0.717) is 5.89 Å². The van der Waals surface area contributed by atoms with Gasteiger partial charge in [0.2, 0.25) is 11.8 Å². The van der Waals surface area contributed by atoms with Gasteiger partial charge in [-0.15, -0.1) is 16.9 Å². The molecule has 0 aromatic carbocycles. The molecule has 1 atom stereocenters. The van der Waals surface area contributed by atoms with E-state index >= 15 is 0 Å². The number of carboxylic acids is 1. The van der Waals surface area contributed by atoms with Gasteiger partial charge >= 0.3 is 12.0 Å². The second-order valence-electron chi connectivity index (χ2n) is 5.36. The van der Waals surface area contributed by atoms with Crippen LogP contribution in [0.4, 0.5) is 6.01 Å². The zero-order valence-corrected chi connectivity index (χ0v) is 13.2. The van der Waals surface area contributed by atoms with Crippen molar-refractivity contribution in [3.8, 4) is 0 Å². The molecule has 9 heteroatoms. The van der Waals surface area contributed by atoms with Gasteiger partial charge in [-0.05, 0) is 13.8 Å². The summed E-state index contributed by atoms with van der Waals surface area (Å²) in [6.07, 6.45) is 0. The maximum Gasteiger partial charge on any atom is 0.322 e. The lowest BCUT2D eigenvalue weighted by Gasteiger charge is -2.27. The number of rotatable bonds is 7. The number of aromatic nitrogens is 2. The number of carboxylic acid groups (broad SMARTS) is 1. The zero-order valence-electron chi connectivity index (χ0n) is 12.4. The van der Waals surface area contributed by atoms with Crippen molar-refractivity contribution in [1.29, 1.82) is 0 Å². The molecule has 21 heavy (non-hydrogen) atoms. The van der Waals surface area contributed by atoms with Crippen molar-refractivity contribution < 1.29 is 19.1 Å². The van der Waals surface area contributed by atoms with Crippen LogP contribution in [-0.2, 0) is 9.59 Å². The largest absolute Gasteiger partial charge is 0.480 e. The molecular formula is C12H20N4O4S. The van der Waals surface area contributed by atoms with Crippen molar-refractivity contribution >= 4 is 29.7 Å². The van der Waals surface area contributed by atoms with Gasteiger partial charge in [0, 0.05) is 10.7 Å². The van der Waals surface area contributed by atoms with E-state index in [9.17, 15) is 9.59 Å². The average molecular weight is 316 g/mol. The van der Waals surface area contributed by atoms with Crippen molar-refractivity contribution in [2.75, 3.05) is 11.1 Å². The van der Waals surface area contributed by atoms with Crippen LogP contribution in [0, 0.1) is 0 Å². The van der Waals surface area contributed by atoms with Gasteiger partial charge in [-0.3, -0.25) is 14.9 Å². The van der Waals surface area contributed by atoms with Gasteiger partial charge in [0.1, 0.15) is 6.04 Å². The Labute approximate surface area is 126 Å². The molecule has 4 N–H and O–H groups in total. The second kappa shape index (κ2) is 6.90. The molecule has 0 saturated heterocycles. The minimum absolute atomic E-state index is 0.0321. The Hall–Kier alpha value is -1.61.